The summed E-state index contributed by atoms with van der Waals surface area (Å²) in [5.74, 6) is -0.828. The minimum atomic E-state index is -5.08. The van der Waals surface area contributed by atoms with E-state index in [2.05, 4.69) is 0 Å². The molecule has 3 rings (SSSR count). The van der Waals surface area contributed by atoms with Crippen LogP contribution in [0.3, 0.4) is 0 Å². The van der Waals surface area contributed by atoms with Crippen molar-refractivity contribution in [3.63, 3.8) is 0 Å². The summed E-state index contributed by atoms with van der Waals surface area (Å²) in [4.78, 5) is 25.1. The number of halogens is 7. The van der Waals surface area contributed by atoms with Gasteiger partial charge in [-0.05, 0) is 55.7 Å². The molecule has 0 aliphatic carbocycles. The molecule has 1 N–H and O–H groups in total. The van der Waals surface area contributed by atoms with E-state index in [0.717, 1.165) is 31.1 Å². The molecule has 1 atom stereocenters. The molecule has 0 aromatic heterocycles. The summed E-state index contributed by atoms with van der Waals surface area (Å²) in [5.41, 5.74) is -4.22. The van der Waals surface area contributed by atoms with Crippen molar-refractivity contribution in [3.8, 4) is 5.75 Å². The third kappa shape index (κ3) is 8.24. The lowest BCUT2D eigenvalue weighted by molar-refractivity contribution is -0.143. The monoisotopic (exact) mass is 571 g/mol. The lowest BCUT2D eigenvalue weighted by Crippen LogP contribution is -2.18. The first-order chi connectivity index (χ1) is 16.8. The lowest BCUT2D eigenvalue weighted by Gasteiger charge is -2.15. The molecule has 36 heavy (non-hydrogen) atoms. The maximum atomic E-state index is 13.1. The summed E-state index contributed by atoms with van der Waals surface area (Å²) >= 11 is 5.91. The van der Waals surface area contributed by atoms with Gasteiger partial charge in [-0.3, -0.25) is 9.59 Å². The third-order valence-corrected chi connectivity index (χ3v) is 8.38. The van der Waals surface area contributed by atoms with E-state index in [9.17, 15) is 35.9 Å². The van der Waals surface area contributed by atoms with Crippen molar-refractivity contribution in [2.75, 3.05) is 11.1 Å². The van der Waals surface area contributed by atoms with E-state index >= 15 is 0 Å². The van der Waals surface area contributed by atoms with Crippen LogP contribution >= 0.6 is 33.2 Å². The van der Waals surface area contributed by atoms with Gasteiger partial charge in [-0.25, -0.2) is 0 Å². The maximum Gasteiger partial charge on any atom is 0.416 e. The standard InChI is InChI=1S/C23H20ClF6NO3S2/c24-15-5-6-19(34-20(32)4-2-1-3-17-7-8-35-36-17)18(12-15)21(33)31-16-10-13(22(25,26)27)9-14(11-16)23(28,29)30/h5-6,9-12,17H,1-4,7-8H2,(H,31,33). The molecule has 1 amide bonds. The van der Waals surface area contributed by atoms with Crippen LogP contribution in [0.25, 0.3) is 0 Å². The van der Waals surface area contributed by atoms with E-state index in [4.69, 9.17) is 16.3 Å². The van der Waals surface area contributed by atoms with E-state index in [1.165, 1.54) is 12.1 Å². The fraction of sp³-hybridized carbons (Fsp3) is 0.391. The van der Waals surface area contributed by atoms with E-state index in [-0.39, 0.29) is 28.8 Å². The highest BCUT2D eigenvalue weighted by atomic mass is 35.5. The average molecular weight is 572 g/mol. The summed E-state index contributed by atoms with van der Waals surface area (Å²) in [5, 5.41) is 2.62. The number of nitrogens with one attached hydrogen (secondary N) is 1. The third-order valence-electron chi connectivity index (χ3n) is 5.14. The molecule has 0 spiro atoms. The molecule has 0 bridgehead atoms. The Balaban J connectivity index is 1.72. The Hall–Kier alpha value is -2.05. The first kappa shape index (κ1) is 28.5. The molecule has 196 valence electrons. The zero-order chi connectivity index (χ0) is 26.5. The Kier molecular flexibility index (Phi) is 9.50. The van der Waals surface area contributed by atoms with Crippen LogP contribution in [-0.2, 0) is 17.1 Å². The lowest BCUT2D eigenvalue weighted by atomic mass is 10.1. The number of hydrogen-bond donors (Lipinski definition) is 1. The smallest absolute Gasteiger partial charge is 0.416 e. The highest BCUT2D eigenvalue weighted by Gasteiger charge is 2.37. The minimum absolute atomic E-state index is 0.0481. The molecule has 1 aliphatic rings. The van der Waals surface area contributed by atoms with Crippen LogP contribution in [-0.4, -0.2) is 22.9 Å². The van der Waals surface area contributed by atoms with Crippen LogP contribution in [0.5, 0.6) is 5.75 Å². The molecule has 1 aliphatic heterocycles. The van der Waals surface area contributed by atoms with Gasteiger partial charge in [-0.2, -0.15) is 26.3 Å². The highest BCUT2D eigenvalue weighted by molar-refractivity contribution is 8.77. The summed E-state index contributed by atoms with van der Waals surface area (Å²) in [7, 11) is 3.66. The SMILES string of the molecule is O=C(CCCCC1CCSS1)Oc1ccc(Cl)cc1C(=O)Nc1cc(C(F)(F)F)cc(C(F)(F)F)c1. The van der Waals surface area contributed by atoms with Crippen molar-refractivity contribution >= 4 is 50.8 Å². The first-order valence-electron chi connectivity index (χ1n) is 10.7. The van der Waals surface area contributed by atoms with Gasteiger partial charge in [0.1, 0.15) is 5.75 Å². The Morgan fingerprint density at radius 2 is 1.67 bits per heavy atom. The number of hydrogen-bond acceptors (Lipinski definition) is 5. The quantitative estimate of drug-likeness (QED) is 0.114. The van der Waals surface area contributed by atoms with Crippen LogP contribution in [0.15, 0.2) is 36.4 Å². The van der Waals surface area contributed by atoms with Crippen molar-refractivity contribution in [1.82, 2.24) is 0 Å². The Morgan fingerprint density at radius 1 is 1.00 bits per heavy atom. The van der Waals surface area contributed by atoms with Crippen molar-refractivity contribution in [2.24, 2.45) is 0 Å². The predicted octanol–water partition coefficient (Wildman–Crippen LogP) is 8.25. The Labute approximate surface area is 215 Å². The van der Waals surface area contributed by atoms with Gasteiger partial charge in [0.2, 0.25) is 0 Å². The number of ether oxygens (including phenoxy) is 1. The van der Waals surface area contributed by atoms with E-state index < -0.39 is 41.0 Å². The molecular formula is C23H20ClF6NO3S2. The number of carbonyl (C=O) groups excluding carboxylic acids is 2. The largest absolute Gasteiger partial charge is 0.426 e. The second-order valence-electron chi connectivity index (χ2n) is 7.94. The summed E-state index contributed by atoms with van der Waals surface area (Å²) in [6.45, 7) is 0. The van der Waals surface area contributed by atoms with Crippen LogP contribution in [0, 0.1) is 0 Å². The molecule has 1 fully saturated rings. The topological polar surface area (TPSA) is 55.4 Å². The molecule has 2 aromatic rings. The van der Waals surface area contributed by atoms with Crippen molar-refractivity contribution < 1.29 is 40.7 Å². The van der Waals surface area contributed by atoms with Crippen LogP contribution in [0.2, 0.25) is 5.02 Å². The molecule has 0 saturated carbocycles. The summed E-state index contributed by atoms with van der Waals surface area (Å²) in [6, 6.07) is 4.38. The Morgan fingerprint density at radius 3 is 2.25 bits per heavy atom. The second kappa shape index (κ2) is 12.0. The fourth-order valence-electron chi connectivity index (χ4n) is 3.37. The van der Waals surface area contributed by atoms with Crippen molar-refractivity contribution in [1.29, 1.82) is 0 Å². The number of alkyl halides is 6. The van der Waals surface area contributed by atoms with Gasteiger partial charge in [0.25, 0.3) is 5.91 Å². The number of anilines is 1. The van der Waals surface area contributed by atoms with Crippen molar-refractivity contribution in [3.05, 3.63) is 58.1 Å². The zero-order valence-electron chi connectivity index (χ0n) is 18.5. The number of carbonyl (C=O) groups is 2. The van der Waals surface area contributed by atoms with Gasteiger partial charge in [0, 0.05) is 28.1 Å². The minimum Gasteiger partial charge on any atom is -0.426 e. The molecular weight excluding hydrogens is 552 g/mol. The number of amides is 1. The van der Waals surface area contributed by atoms with Gasteiger partial charge in [-0.15, -0.1) is 0 Å². The Bertz CT molecular complexity index is 1070. The van der Waals surface area contributed by atoms with Gasteiger partial charge in [0.05, 0.1) is 16.7 Å². The first-order valence-corrected chi connectivity index (χ1v) is 13.5. The number of esters is 1. The van der Waals surface area contributed by atoms with E-state index in [1.807, 2.05) is 26.9 Å². The molecule has 0 radical (unpaired) electrons. The predicted molar refractivity (Wildman–Crippen MR) is 128 cm³/mol. The number of benzene rings is 2. The molecule has 13 heteroatoms. The zero-order valence-corrected chi connectivity index (χ0v) is 20.9. The molecule has 1 heterocycles. The number of unbranched alkanes of at least 4 members (excludes halogenated alkanes) is 1. The van der Waals surface area contributed by atoms with Crippen LogP contribution in [0.1, 0.15) is 53.6 Å². The van der Waals surface area contributed by atoms with Gasteiger partial charge < -0.3 is 10.1 Å². The molecule has 1 saturated heterocycles. The fourth-order valence-corrected chi connectivity index (χ4v) is 6.57. The van der Waals surface area contributed by atoms with E-state index in [1.54, 1.807) is 0 Å². The van der Waals surface area contributed by atoms with Crippen LogP contribution < -0.4 is 10.1 Å². The van der Waals surface area contributed by atoms with Crippen LogP contribution in [0.4, 0.5) is 32.0 Å². The normalized spacial score (nSPS) is 16.1. The molecule has 2 aromatic carbocycles. The van der Waals surface area contributed by atoms with Gasteiger partial charge >= 0.3 is 18.3 Å². The highest BCUT2D eigenvalue weighted by Crippen LogP contribution is 2.40. The molecule has 1 unspecified atom stereocenters. The van der Waals surface area contributed by atoms with Crippen molar-refractivity contribution in [2.45, 2.75) is 49.7 Å². The maximum absolute atomic E-state index is 13.1. The van der Waals surface area contributed by atoms with E-state index in [0.29, 0.717) is 23.8 Å². The summed E-state index contributed by atoms with van der Waals surface area (Å²) in [6.07, 6.45) is -6.59. The van der Waals surface area contributed by atoms with Gasteiger partial charge in [-0.1, -0.05) is 39.6 Å². The number of rotatable bonds is 8. The summed E-state index contributed by atoms with van der Waals surface area (Å²) < 4.78 is 83.9. The average Bonchev–Trinajstić information content (AvgIpc) is 3.30. The second-order valence-corrected chi connectivity index (χ2v) is 11.2. The van der Waals surface area contributed by atoms with Gasteiger partial charge in [0.15, 0.2) is 0 Å². The molecule has 4 nitrogen and oxygen atoms in total.